The summed E-state index contributed by atoms with van der Waals surface area (Å²) in [4.78, 5) is 17.1. The smallest absolute Gasteiger partial charge is 0.357 e. The Balaban J connectivity index is 1.94. The van der Waals surface area contributed by atoms with Gasteiger partial charge >= 0.3 is 5.97 Å². The van der Waals surface area contributed by atoms with Crippen LogP contribution in [0.25, 0.3) is 16.7 Å². The number of pyridine rings is 1. The van der Waals surface area contributed by atoms with Gasteiger partial charge in [0.2, 0.25) is 0 Å². The Morgan fingerprint density at radius 3 is 2.70 bits per heavy atom. The minimum Gasteiger partial charge on any atom is -0.461 e. The molecule has 1 N–H and O–H groups in total. The van der Waals surface area contributed by atoms with Crippen LogP contribution in [0, 0.1) is 6.92 Å². The quantitative estimate of drug-likeness (QED) is 0.719. The standard InChI is InChI=1S/C21H24N4O2/c1-3-27-21(26)18-13-17(15-9-11-22-12-10-15)19-14(2)24-25(20(19)23-18)16-7-5-4-6-8-16/h4-8,13,15,22H,3,9-12H2,1-2H3. The van der Waals surface area contributed by atoms with E-state index in [-0.39, 0.29) is 5.97 Å². The summed E-state index contributed by atoms with van der Waals surface area (Å²) in [6.07, 6.45) is 2.08. The Kier molecular flexibility index (Phi) is 4.90. The van der Waals surface area contributed by atoms with Gasteiger partial charge in [0.25, 0.3) is 0 Å². The third-order valence-corrected chi connectivity index (χ3v) is 5.11. The molecule has 1 fully saturated rings. The van der Waals surface area contributed by atoms with Gasteiger partial charge in [-0.15, -0.1) is 0 Å². The van der Waals surface area contributed by atoms with Crippen LogP contribution in [0.5, 0.6) is 0 Å². The molecule has 0 bridgehead atoms. The van der Waals surface area contributed by atoms with Crippen molar-refractivity contribution >= 4 is 17.0 Å². The Morgan fingerprint density at radius 2 is 2.00 bits per heavy atom. The lowest BCUT2D eigenvalue weighted by Crippen LogP contribution is -2.27. The van der Waals surface area contributed by atoms with Crippen LogP contribution in [0.15, 0.2) is 36.4 Å². The van der Waals surface area contributed by atoms with E-state index in [2.05, 4.69) is 10.3 Å². The molecule has 0 aliphatic carbocycles. The van der Waals surface area contributed by atoms with E-state index in [1.54, 1.807) is 0 Å². The lowest BCUT2D eigenvalue weighted by Gasteiger charge is -2.24. The lowest BCUT2D eigenvalue weighted by atomic mass is 9.88. The number of para-hydroxylation sites is 1. The third-order valence-electron chi connectivity index (χ3n) is 5.11. The second-order valence-electron chi connectivity index (χ2n) is 6.87. The van der Waals surface area contributed by atoms with Crippen LogP contribution >= 0.6 is 0 Å². The maximum atomic E-state index is 12.5. The number of benzene rings is 1. The molecule has 1 aliphatic rings. The SMILES string of the molecule is CCOC(=O)c1cc(C2CCNCC2)c2c(C)nn(-c3ccccc3)c2n1. The monoisotopic (exact) mass is 364 g/mol. The second kappa shape index (κ2) is 7.48. The maximum absolute atomic E-state index is 12.5. The molecule has 3 heterocycles. The molecule has 0 atom stereocenters. The number of nitrogens with one attached hydrogen (secondary N) is 1. The highest BCUT2D eigenvalue weighted by Crippen LogP contribution is 2.34. The van der Waals surface area contributed by atoms with Crippen molar-refractivity contribution in [3.63, 3.8) is 0 Å². The summed E-state index contributed by atoms with van der Waals surface area (Å²) in [7, 11) is 0. The molecule has 3 aromatic rings. The summed E-state index contributed by atoms with van der Waals surface area (Å²) in [6, 6.07) is 11.8. The average Bonchev–Trinajstić information content (AvgIpc) is 3.05. The summed E-state index contributed by atoms with van der Waals surface area (Å²) in [5.74, 6) is 0.00472. The largest absolute Gasteiger partial charge is 0.461 e. The predicted molar refractivity (Wildman–Crippen MR) is 104 cm³/mol. The van der Waals surface area contributed by atoms with Crippen molar-refractivity contribution in [1.29, 1.82) is 0 Å². The van der Waals surface area contributed by atoms with Crippen molar-refractivity contribution in [3.8, 4) is 5.69 Å². The van der Waals surface area contributed by atoms with Crippen molar-refractivity contribution in [2.75, 3.05) is 19.7 Å². The number of rotatable bonds is 4. The Labute approximate surface area is 158 Å². The highest BCUT2D eigenvalue weighted by atomic mass is 16.5. The summed E-state index contributed by atoms with van der Waals surface area (Å²) in [5, 5.41) is 9.21. The zero-order valence-electron chi connectivity index (χ0n) is 15.7. The third kappa shape index (κ3) is 3.32. The molecule has 0 radical (unpaired) electrons. The lowest BCUT2D eigenvalue weighted by molar-refractivity contribution is 0.0519. The van der Waals surface area contributed by atoms with Crippen LogP contribution < -0.4 is 5.32 Å². The molecule has 2 aromatic heterocycles. The van der Waals surface area contributed by atoms with Crippen LogP contribution in [0.1, 0.15) is 47.4 Å². The highest BCUT2D eigenvalue weighted by Gasteiger charge is 2.25. The molecular weight excluding hydrogens is 340 g/mol. The van der Waals surface area contributed by atoms with Gasteiger partial charge in [0.1, 0.15) is 0 Å². The van der Waals surface area contributed by atoms with Crippen molar-refractivity contribution in [2.45, 2.75) is 32.6 Å². The maximum Gasteiger partial charge on any atom is 0.357 e. The average molecular weight is 364 g/mol. The number of esters is 1. The number of ether oxygens (including phenoxy) is 1. The first-order valence-electron chi connectivity index (χ1n) is 9.52. The molecule has 0 amide bonds. The molecule has 1 aromatic carbocycles. The number of aromatic nitrogens is 3. The van der Waals surface area contributed by atoms with Gasteiger partial charge in [-0.2, -0.15) is 5.10 Å². The van der Waals surface area contributed by atoms with Crippen LogP contribution in [0.3, 0.4) is 0 Å². The summed E-state index contributed by atoms with van der Waals surface area (Å²) in [5.41, 5.74) is 4.10. The fraction of sp³-hybridized carbons (Fsp3) is 0.381. The zero-order valence-corrected chi connectivity index (χ0v) is 15.7. The van der Waals surface area contributed by atoms with E-state index < -0.39 is 0 Å². The Bertz CT molecular complexity index is 959. The first-order chi connectivity index (χ1) is 13.2. The minimum atomic E-state index is -0.381. The molecule has 27 heavy (non-hydrogen) atoms. The molecule has 0 saturated carbocycles. The van der Waals surface area contributed by atoms with E-state index in [9.17, 15) is 4.79 Å². The summed E-state index contributed by atoms with van der Waals surface area (Å²) < 4.78 is 7.06. The Hall–Kier alpha value is -2.73. The number of carbonyl (C=O) groups is 1. The van der Waals surface area contributed by atoms with E-state index in [4.69, 9.17) is 9.84 Å². The molecule has 4 rings (SSSR count). The van der Waals surface area contributed by atoms with E-state index in [1.165, 1.54) is 0 Å². The second-order valence-corrected chi connectivity index (χ2v) is 6.87. The number of fused-ring (bicyclic) bond motifs is 1. The minimum absolute atomic E-state index is 0.332. The summed E-state index contributed by atoms with van der Waals surface area (Å²) in [6.45, 7) is 6.11. The van der Waals surface area contributed by atoms with E-state index in [0.717, 1.165) is 53.9 Å². The van der Waals surface area contributed by atoms with Crippen molar-refractivity contribution in [2.24, 2.45) is 0 Å². The first-order valence-corrected chi connectivity index (χ1v) is 9.52. The number of hydrogen-bond donors (Lipinski definition) is 1. The summed E-state index contributed by atoms with van der Waals surface area (Å²) >= 11 is 0. The molecule has 0 unspecified atom stereocenters. The van der Waals surface area contributed by atoms with Crippen molar-refractivity contribution in [1.82, 2.24) is 20.1 Å². The molecule has 140 valence electrons. The number of carbonyl (C=O) groups excluding carboxylic acids is 1. The molecule has 6 heteroatoms. The Morgan fingerprint density at radius 1 is 1.26 bits per heavy atom. The normalized spacial score (nSPS) is 15.2. The van der Waals surface area contributed by atoms with Gasteiger partial charge in [-0.3, -0.25) is 0 Å². The van der Waals surface area contributed by atoms with Crippen LogP contribution in [0.2, 0.25) is 0 Å². The number of piperidine rings is 1. The van der Waals surface area contributed by atoms with Gasteiger partial charge in [-0.1, -0.05) is 18.2 Å². The van der Waals surface area contributed by atoms with E-state index in [0.29, 0.717) is 18.2 Å². The van der Waals surface area contributed by atoms with Gasteiger partial charge in [-0.05, 0) is 69.5 Å². The van der Waals surface area contributed by atoms with Gasteiger partial charge in [-0.25, -0.2) is 14.5 Å². The van der Waals surface area contributed by atoms with Gasteiger partial charge in [0.05, 0.1) is 18.0 Å². The molecule has 1 saturated heterocycles. The number of aryl methyl sites for hydroxylation is 1. The molecule has 0 spiro atoms. The topological polar surface area (TPSA) is 69.0 Å². The first kappa shape index (κ1) is 17.7. The van der Waals surface area contributed by atoms with Gasteiger partial charge < -0.3 is 10.1 Å². The van der Waals surface area contributed by atoms with E-state index in [1.807, 2.05) is 54.9 Å². The van der Waals surface area contributed by atoms with Gasteiger partial charge in [0.15, 0.2) is 11.3 Å². The fourth-order valence-electron chi connectivity index (χ4n) is 3.84. The highest BCUT2D eigenvalue weighted by molar-refractivity contribution is 5.93. The fourth-order valence-corrected chi connectivity index (χ4v) is 3.84. The van der Waals surface area contributed by atoms with Crippen LogP contribution in [-0.2, 0) is 4.74 Å². The van der Waals surface area contributed by atoms with Crippen LogP contribution in [0.4, 0.5) is 0 Å². The molecular formula is C21H24N4O2. The van der Waals surface area contributed by atoms with Crippen LogP contribution in [-0.4, -0.2) is 40.4 Å². The molecule has 6 nitrogen and oxygen atoms in total. The number of hydrogen-bond acceptors (Lipinski definition) is 5. The van der Waals surface area contributed by atoms with E-state index >= 15 is 0 Å². The number of nitrogens with zero attached hydrogens (tertiary/aromatic N) is 3. The van der Waals surface area contributed by atoms with Crippen molar-refractivity contribution in [3.05, 3.63) is 53.3 Å². The zero-order chi connectivity index (χ0) is 18.8. The van der Waals surface area contributed by atoms with Gasteiger partial charge in [0, 0.05) is 5.39 Å². The predicted octanol–water partition coefficient (Wildman–Crippen LogP) is 3.37. The molecule has 1 aliphatic heterocycles. The van der Waals surface area contributed by atoms with Crippen molar-refractivity contribution < 1.29 is 9.53 Å².